The Morgan fingerprint density at radius 3 is 2.90 bits per heavy atom. The van der Waals surface area contributed by atoms with Gasteiger partial charge >= 0.3 is 0 Å². The Morgan fingerprint density at radius 1 is 1.40 bits per heavy atom. The molecule has 0 N–H and O–H groups in total. The highest BCUT2D eigenvalue weighted by atomic mass is 16.5. The van der Waals surface area contributed by atoms with Gasteiger partial charge < -0.3 is 4.74 Å². The van der Waals surface area contributed by atoms with Crippen LogP contribution in [0.4, 0.5) is 0 Å². The number of aromatic nitrogens is 1. The first-order chi connectivity index (χ1) is 4.95. The summed E-state index contributed by atoms with van der Waals surface area (Å²) in [4.78, 5) is 4.04. The van der Waals surface area contributed by atoms with Crippen molar-refractivity contribution in [3.05, 3.63) is 24.4 Å². The molecule has 0 aliphatic heterocycles. The molecule has 1 fully saturated rings. The van der Waals surface area contributed by atoms with E-state index in [1.807, 2.05) is 18.2 Å². The average Bonchev–Trinajstić information content (AvgIpc) is 2.74. The molecule has 0 aromatic carbocycles. The first-order valence-electron chi connectivity index (χ1n) is 3.53. The van der Waals surface area contributed by atoms with Gasteiger partial charge in [0.1, 0.15) is 6.10 Å². The van der Waals surface area contributed by atoms with Crippen molar-refractivity contribution in [1.29, 1.82) is 0 Å². The predicted molar refractivity (Wildman–Crippen MR) is 37.9 cm³/mol. The quantitative estimate of drug-likeness (QED) is 0.614. The van der Waals surface area contributed by atoms with E-state index < -0.39 is 0 Å². The van der Waals surface area contributed by atoms with Crippen molar-refractivity contribution in [3.8, 4) is 5.88 Å². The Morgan fingerprint density at radius 2 is 2.30 bits per heavy atom. The van der Waals surface area contributed by atoms with Crippen LogP contribution in [0.15, 0.2) is 24.4 Å². The minimum Gasteiger partial charge on any atom is -0.474 e. The fourth-order valence-electron chi connectivity index (χ4n) is 0.773. The zero-order chi connectivity index (χ0) is 6.81. The van der Waals surface area contributed by atoms with Crippen LogP contribution in [0.2, 0.25) is 0 Å². The molecule has 1 heterocycles. The van der Waals surface area contributed by atoms with E-state index in [4.69, 9.17) is 4.74 Å². The molecule has 52 valence electrons. The fraction of sp³-hybridized carbons (Fsp3) is 0.375. The van der Waals surface area contributed by atoms with Gasteiger partial charge in [-0.15, -0.1) is 0 Å². The molecule has 0 amide bonds. The average molecular weight is 135 g/mol. The van der Waals surface area contributed by atoms with Crippen LogP contribution in [0.1, 0.15) is 12.8 Å². The van der Waals surface area contributed by atoms with E-state index in [1.54, 1.807) is 6.20 Å². The third kappa shape index (κ3) is 1.26. The normalized spacial score (nSPS) is 16.8. The topological polar surface area (TPSA) is 22.1 Å². The molecule has 0 atom stereocenters. The monoisotopic (exact) mass is 135 g/mol. The maximum Gasteiger partial charge on any atom is 0.213 e. The lowest BCUT2D eigenvalue weighted by atomic mass is 10.5. The second-order valence-corrected chi connectivity index (χ2v) is 2.49. The third-order valence-corrected chi connectivity index (χ3v) is 1.45. The van der Waals surface area contributed by atoms with Crippen molar-refractivity contribution in [3.63, 3.8) is 0 Å². The van der Waals surface area contributed by atoms with Gasteiger partial charge in [0.05, 0.1) is 0 Å². The number of hydrogen-bond donors (Lipinski definition) is 0. The molecular formula is C8H9NO. The number of hydrogen-bond acceptors (Lipinski definition) is 2. The zero-order valence-electron chi connectivity index (χ0n) is 5.66. The summed E-state index contributed by atoms with van der Waals surface area (Å²) in [5.74, 6) is 0.755. The van der Waals surface area contributed by atoms with E-state index in [1.165, 1.54) is 12.8 Å². The van der Waals surface area contributed by atoms with Gasteiger partial charge in [0.15, 0.2) is 0 Å². The Hall–Kier alpha value is -1.05. The van der Waals surface area contributed by atoms with Crippen LogP contribution >= 0.6 is 0 Å². The zero-order valence-corrected chi connectivity index (χ0v) is 5.66. The van der Waals surface area contributed by atoms with Gasteiger partial charge in [-0.25, -0.2) is 4.98 Å². The fourth-order valence-corrected chi connectivity index (χ4v) is 0.773. The minimum absolute atomic E-state index is 0.454. The summed E-state index contributed by atoms with van der Waals surface area (Å²) in [6, 6.07) is 5.71. The second kappa shape index (κ2) is 2.29. The van der Waals surface area contributed by atoms with Gasteiger partial charge in [-0.2, -0.15) is 0 Å². The largest absolute Gasteiger partial charge is 0.474 e. The number of ether oxygens (including phenoxy) is 1. The van der Waals surface area contributed by atoms with Gasteiger partial charge in [-0.1, -0.05) is 6.07 Å². The van der Waals surface area contributed by atoms with Crippen LogP contribution in [0, 0.1) is 0 Å². The maximum absolute atomic E-state index is 5.41. The summed E-state index contributed by atoms with van der Waals surface area (Å²) in [6.45, 7) is 0. The molecule has 1 aliphatic carbocycles. The molecule has 0 bridgehead atoms. The van der Waals surface area contributed by atoms with Gasteiger partial charge in [-0.05, 0) is 18.9 Å². The number of pyridine rings is 1. The molecule has 1 aromatic heterocycles. The molecule has 1 saturated carbocycles. The van der Waals surface area contributed by atoms with Gasteiger partial charge in [0.25, 0.3) is 0 Å². The molecular weight excluding hydrogens is 126 g/mol. The smallest absolute Gasteiger partial charge is 0.213 e. The van der Waals surface area contributed by atoms with Crippen LogP contribution in [-0.4, -0.2) is 11.1 Å². The van der Waals surface area contributed by atoms with Crippen molar-refractivity contribution in [2.75, 3.05) is 0 Å². The van der Waals surface area contributed by atoms with Crippen molar-refractivity contribution in [2.24, 2.45) is 0 Å². The van der Waals surface area contributed by atoms with E-state index in [-0.39, 0.29) is 0 Å². The Kier molecular flexibility index (Phi) is 1.31. The highest BCUT2D eigenvalue weighted by Gasteiger charge is 2.23. The van der Waals surface area contributed by atoms with Crippen molar-refractivity contribution in [1.82, 2.24) is 4.98 Å². The Balaban J connectivity index is 2.03. The molecule has 10 heavy (non-hydrogen) atoms. The van der Waals surface area contributed by atoms with E-state index in [2.05, 4.69) is 4.98 Å². The number of nitrogens with zero attached hydrogens (tertiary/aromatic N) is 1. The second-order valence-electron chi connectivity index (χ2n) is 2.49. The van der Waals surface area contributed by atoms with E-state index in [0.717, 1.165) is 5.88 Å². The van der Waals surface area contributed by atoms with Gasteiger partial charge in [-0.3, -0.25) is 0 Å². The van der Waals surface area contributed by atoms with E-state index >= 15 is 0 Å². The predicted octanol–water partition coefficient (Wildman–Crippen LogP) is 1.62. The van der Waals surface area contributed by atoms with Crippen molar-refractivity contribution < 1.29 is 4.74 Å². The van der Waals surface area contributed by atoms with E-state index in [0.29, 0.717) is 6.10 Å². The van der Waals surface area contributed by atoms with Crippen LogP contribution in [-0.2, 0) is 0 Å². The molecule has 1 aromatic rings. The van der Waals surface area contributed by atoms with Gasteiger partial charge in [0, 0.05) is 12.3 Å². The molecule has 2 nitrogen and oxygen atoms in total. The van der Waals surface area contributed by atoms with Crippen molar-refractivity contribution in [2.45, 2.75) is 18.9 Å². The third-order valence-electron chi connectivity index (χ3n) is 1.45. The minimum atomic E-state index is 0.454. The van der Waals surface area contributed by atoms with E-state index in [9.17, 15) is 0 Å². The highest BCUT2D eigenvalue weighted by molar-refractivity contribution is 5.10. The van der Waals surface area contributed by atoms with Gasteiger partial charge in [0.2, 0.25) is 5.88 Å². The molecule has 0 spiro atoms. The summed E-state index contributed by atoms with van der Waals surface area (Å²) < 4.78 is 5.41. The Labute approximate surface area is 59.9 Å². The maximum atomic E-state index is 5.41. The van der Waals surface area contributed by atoms with Crippen LogP contribution < -0.4 is 4.74 Å². The Bertz CT molecular complexity index is 206. The van der Waals surface area contributed by atoms with Crippen LogP contribution in [0.3, 0.4) is 0 Å². The standard InChI is InChI=1S/C8H9NO/c1-2-6-9-8(3-1)10-7-4-5-7/h1-3,6-7H,4-5H2. The first kappa shape index (κ1) is 5.71. The highest BCUT2D eigenvalue weighted by Crippen LogP contribution is 2.24. The summed E-state index contributed by atoms with van der Waals surface area (Å²) in [6.07, 6.45) is 4.58. The SMILES string of the molecule is c1ccc(OC2CC2)nc1. The molecule has 0 radical (unpaired) electrons. The lowest BCUT2D eigenvalue weighted by Gasteiger charge is -1.99. The van der Waals surface area contributed by atoms with Crippen LogP contribution in [0.25, 0.3) is 0 Å². The summed E-state index contributed by atoms with van der Waals surface area (Å²) in [5.41, 5.74) is 0. The lowest BCUT2D eigenvalue weighted by Crippen LogP contribution is -1.96. The molecule has 0 unspecified atom stereocenters. The number of rotatable bonds is 2. The summed E-state index contributed by atoms with van der Waals surface area (Å²) in [7, 11) is 0. The summed E-state index contributed by atoms with van der Waals surface area (Å²) >= 11 is 0. The molecule has 2 rings (SSSR count). The first-order valence-corrected chi connectivity index (χ1v) is 3.53. The molecule has 1 aliphatic rings. The molecule has 0 saturated heterocycles. The molecule has 2 heteroatoms. The summed E-state index contributed by atoms with van der Waals surface area (Å²) in [5, 5.41) is 0. The lowest BCUT2D eigenvalue weighted by molar-refractivity contribution is 0.291. The van der Waals surface area contributed by atoms with Crippen molar-refractivity contribution >= 4 is 0 Å². The van der Waals surface area contributed by atoms with Crippen LogP contribution in [0.5, 0.6) is 5.88 Å².